The summed E-state index contributed by atoms with van der Waals surface area (Å²) >= 11 is 0. The maximum Gasteiger partial charge on any atom is 0.263 e. The molecule has 3 atom stereocenters. The van der Waals surface area contributed by atoms with Gasteiger partial charge in [0.1, 0.15) is 5.75 Å². The number of β-amino-alcohol motifs (C(OH)–C–C–N with tert-alkyl or cyclic N) is 1. The Morgan fingerprint density at radius 2 is 2.14 bits per heavy atom. The SMILES string of the molecule is CC(Oc1ccc(F)c(F)c1)C(=O)N1CCC(C)C(O)C1. The molecule has 1 heterocycles. The highest BCUT2D eigenvalue weighted by atomic mass is 19.2. The van der Waals surface area contributed by atoms with E-state index in [1.807, 2.05) is 6.92 Å². The lowest BCUT2D eigenvalue weighted by molar-refractivity contribution is -0.142. The van der Waals surface area contributed by atoms with Crippen molar-refractivity contribution in [2.75, 3.05) is 13.1 Å². The molecule has 1 N–H and O–H groups in total. The van der Waals surface area contributed by atoms with Crippen LogP contribution in [0.15, 0.2) is 18.2 Å². The summed E-state index contributed by atoms with van der Waals surface area (Å²) in [7, 11) is 0. The predicted octanol–water partition coefficient (Wildman–Crippen LogP) is 1.96. The molecule has 6 heteroatoms. The number of carbonyl (C=O) groups is 1. The van der Waals surface area contributed by atoms with Crippen molar-refractivity contribution in [1.29, 1.82) is 0 Å². The van der Waals surface area contributed by atoms with Gasteiger partial charge in [0.25, 0.3) is 5.91 Å². The third-order valence-corrected chi connectivity index (χ3v) is 3.78. The number of likely N-dealkylation sites (tertiary alicyclic amines) is 1. The zero-order valence-electron chi connectivity index (χ0n) is 12.1. The molecule has 1 saturated heterocycles. The molecule has 0 saturated carbocycles. The quantitative estimate of drug-likeness (QED) is 0.928. The summed E-state index contributed by atoms with van der Waals surface area (Å²) in [4.78, 5) is 13.8. The Bertz CT molecular complexity index is 524. The zero-order valence-corrected chi connectivity index (χ0v) is 12.1. The number of aliphatic hydroxyl groups excluding tert-OH is 1. The number of hydrogen-bond acceptors (Lipinski definition) is 3. The van der Waals surface area contributed by atoms with Gasteiger partial charge in [-0.2, -0.15) is 0 Å². The van der Waals surface area contributed by atoms with Gasteiger partial charge in [0, 0.05) is 19.2 Å². The molecule has 0 radical (unpaired) electrons. The van der Waals surface area contributed by atoms with E-state index in [1.54, 1.807) is 6.92 Å². The Morgan fingerprint density at radius 1 is 1.43 bits per heavy atom. The molecule has 1 aromatic rings. The third kappa shape index (κ3) is 3.69. The number of piperidine rings is 1. The van der Waals surface area contributed by atoms with E-state index in [0.29, 0.717) is 6.54 Å². The molecule has 3 unspecified atom stereocenters. The van der Waals surface area contributed by atoms with Gasteiger partial charge in [-0.1, -0.05) is 6.92 Å². The fraction of sp³-hybridized carbons (Fsp3) is 0.533. The van der Waals surface area contributed by atoms with Crippen molar-refractivity contribution in [1.82, 2.24) is 4.90 Å². The van der Waals surface area contributed by atoms with Crippen LogP contribution in [-0.2, 0) is 4.79 Å². The fourth-order valence-electron chi connectivity index (χ4n) is 2.31. The summed E-state index contributed by atoms with van der Waals surface area (Å²) in [6.45, 7) is 4.32. The van der Waals surface area contributed by atoms with Crippen LogP contribution in [0.5, 0.6) is 5.75 Å². The minimum absolute atomic E-state index is 0.0978. The summed E-state index contributed by atoms with van der Waals surface area (Å²) in [5.41, 5.74) is 0. The Balaban J connectivity index is 1.97. The summed E-state index contributed by atoms with van der Waals surface area (Å²) < 4.78 is 31.3. The van der Waals surface area contributed by atoms with Crippen LogP contribution in [-0.4, -0.2) is 41.2 Å². The normalized spacial score (nSPS) is 23.8. The van der Waals surface area contributed by atoms with E-state index in [2.05, 4.69) is 0 Å². The average Bonchev–Trinajstić information content (AvgIpc) is 2.45. The van der Waals surface area contributed by atoms with E-state index in [1.165, 1.54) is 11.0 Å². The Labute approximate surface area is 122 Å². The second kappa shape index (κ2) is 6.39. The largest absolute Gasteiger partial charge is 0.481 e. The van der Waals surface area contributed by atoms with Crippen LogP contribution in [0, 0.1) is 17.6 Å². The molecule has 21 heavy (non-hydrogen) atoms. The second-order valence-electron chi connectivity index (χ2n) is 5.45. The van der Waals surface area contributed by atoms with Gasteiger partial charge in [-0.05, 0) is 31.4 Å². The first-order valence-electron chi connectivity index (χ1n) is 6.97. The molecule has 0 spiro atoms. The summed E-state index contributed by atoms with van der Waals surface area (Å²) in [6, 6.07) is 3.13. The molecule has 1 amide bonds. The van der Waals surface area contributed by atoms with E-state index in [4.69, 9.17) is 4.74 Å². The lowest BCUT2D eigenvalue weighted by Crippen LogP contribution is -2.49. The van der Waals surface area contributed by atoms with Crippen molar-refractivity contribution in [3.8, 4) is 5.75 Å². The number of amides is 1. The number of aliphatic hydroxyl groups is 1. The van der Waals surface area contributed by atoms with Crippen molar-refractivity contribution >= 4 is 5.91 Å². The van der Waals surface area contributed by atoms with Gasteiger partial charge >= 0.3 is 0 Å². The Kier molecular flexibility index (Phi) is 4.77. The molecular formula is C15H19F2NO3. The van der Waals surface area contributed by atoms with E-state index in [0.717, 1.165) is 18.6 Å². The molecule has 116 valence electrons. The minimum atomic E-state index is -1.02. The first-order chi connectivity index (χ1) is 9.88. The number of benzene rings is 1. The number of nitrogens with zero attached hydrogens (tertiary/aromatic N) is 1. The Hall–Kier alpha value is -1.69. The molecule has 4 nitrogen and oxygen atoms in total. The van der Waals surface area contributed by atoms with Gasteiger partial charge in [0.2, 0.25) is 0 Å². The molecule has 1 aromatic carbocycles. The molecule has 1 fully saturated rings. The van der Waals surface area contributed by atoms with E-state index in [-0.39, 0.29) is 24.1 Å². The summed E-state index contributed by atoms with van der Waals surface area (Å²) in [5.74, 6) is -1.99. The lowest BCUT2D eigenvalue weighted by Gasteiger charge is -2.35. The second-order valence-corrected chi connectivity index (χ2v) is 5.45. The topological polar surface area (TPSA) is 49.8 Å². The zero-order chi connectivity index (χ0) is 15.6. The lowest BCUT2D eigenvalue weighted by atomic mass is 9.96. The maximum atomic E-state index is 13.1. The van der Waals surface area contributed by atoms with Crippen LogP contribution in [0.3, 0.4) is 0 Å². The van der Waals surface area contributed by atoms with Crippen LogP contribution in [0.2, 0.25) is 0 Å². The molecule has 0 aliphatic carbocycles. The maximum absolute atomic E-state index is 13.1. The number of ether oxygens (including phenoxy) is 1. The third-order valence-electron chi connectivity index (χ3n) is 3.78. The van der Waals surface area contributed by atoms with Gasteiger partial charge in [-0.15, -0.1) is 0 Å². The number of rotatable bonds is 3. The molecule has 0 aromatic heterocycles. The van der Waals surface area contributed by atoms with Crippen LogP contribution in [0.4, 0.5) is 8.78 Å². The molecule has 1 aliphatic rings. The van der Waals surface area contributed by atoms with Crippen LogP contribution < -0.4 is 4.74 Å². The van der Waals surface area contributed by atoms with Crippen LogP contribution >= 0.6 is 0 Å². The van der Waals surface area contributed by atoms with Crippen molar-refractivity contribution in [3.05, 3.63) is 29.8 Å². The summed E-state index contributed by atoms with van der Waals surface area (Å²) in [6.07, 6.45) is -0.640. The van der Waals surface area contributed by atoms with Crippen molar-refractivity contribution in [2.45, 2.75) is 32.5 Å². The predicted molar refractivity (Wildman–Crippen MR) is 72.8 cm³/mol. The minimum Gasteiger partial charge on any atom is -0.481 e. The first kappa shape index (κ1) is 15.7. The Morgan fingerprint density at radius 3 is 2.76 bits per heavy atom. The van der Waals surface area contributed by atoms with Crippen molar-refractivity contribution in [3.63, 3.8) is 0 Å². The van der Waals surface area contributed by atoms with Gasteiger partial charge in [0.15, 0.2) is 17.7 Å². The van der Waals surface area contributed by atoms with Gasteiger partial charge in [-0.3, -0.25) is 4.79 Å². The number of hydrogen-bond donors (Lipinski definition) is 1. The van der Waals surface area contributed by atoms with Crippen LogP contribution in [0.25, 0.3) is 0 Å². The molecule has 0 bridgehead atoms. The van der Waals surface area contributed by atoms with Gasteiger partial charge < -0.3 is 14.7 Å². The van der Waals surface area contributed by atoms with Gasteiger partial charge in [0.05, 0.1) is 6.10 Å². The molecule has 2 rings (SSSR count). The highest BCUT2D eigenvalue weighted by Crippen LogP contribution is 2.20. The first-order valence-corrected chi connectivity index (χ1v) is 6.97. The highest BCUT2D eigenvalue weighted by Gasteiger charge is 2.30. The molecule has 1 aliphatic heterocycles. The smallest absolute Gasteiger partial charge is 0.263 e. The van der Waals surface area contributed by atoms with Crippen molar-refractivity contribution < 1.29 is 23.4 Å². The van der Waals surface area contributed by atoms with Crippen LogP contribution in [0.1, 0.15) is 20.3 Å². The van der Waals surface area contributed by atoms with E-state index >= 15 is 0 Å². The number of carbonyl (C=O) groups excluding carboxylic acids is 1. The summed E-state index contributed by atoms with van der Waals surface area (Å²) in [5, 5.41) is 9.81. The van der Waals surface area contributed by atoms with Crippen molar-refractivity contribution in [2.24, 2.45) is 5.92 Å². The van der Waals surface area contributed by atoms with E-state index in [9.17, 15) is 18.7 Å². The highest BCUT2D eigenvalue weighted by molar-refractivity contribution is 5.81. The standard InChI is InChI=1S/C15H19F2NO3/c1-9-5-6-18(8-14(9)19)15(20)10(2)21-11-3-4-12(16)13(17)7-11/h3-4,7,9-10,14,19H,5-6,8H2,1-2H3. The van der Waals surface area contributed by atoms with E-state index < -0.39 is 23.8 Å². The number of halogens is 2. The average molecular weight is 299 g/mol. The molecular weight excluding hydrogens is 280 g/mol. The fourth-order valence-corrected chi connectivity index (χ4v) is 2.31. The van der Waals surface area contributed by atoms with Gasteiger partial charge in [-0.25, -0.2) is 8.78 Å². The monoisotopic (exact) mass is 299 g/mol.